The van der Waals surface area contributed by atoms with Gasteiger partial charge in [-0.2, -0.15) is 0 Å². The molecule has 0 bridgehead atoms. The number of carbonyl (C=O) groups is 2. The summed E-state index contributed by atoms with van der Waals surface area (Å²) in [6, 6.07) is 0. The van der Waals surface area contributed by atoms with E-state index in [4.69, 9.17) is 9.47 Å². The molecular formula is C32H64N2O4. The molecule has 1 amide bonds. The normalized spacial score (nSPS) is 11.6. The molecule has 0 saturated heterocycles. The fourth-order valence-corrected chi connectivity index (χ4v) is 4.51. The second-order valence-electron chi connectivity index (χ2n) is 11.9. The van der Waals surface area contributed by atoms with Crippen LogP contribution in [0.25, 0.3) is 0 Å². The lowest BCUT2D eigenvalue weighted by molar-refractivity contribution is -0.150. The summed E-state index contributed by atoms with van der Waals surface area (Å²) in [7, 11) is 0. The number of hydrogen-bond donors (Lipinski definition) is 2. The van der Waals surface area contributed by atoms with Crippen molar-refractivity contribution in [3.63, 3.8) is 0 Å². The van der Waals surface area contributed by atoms with Crippen molar-refractivity contribution in [1.29, 1.82) is 0 Å². The standard InChI is InChI=1S/C32H64N2O4/c1-6-8-10-12-14-17-23-29(24-18-15-13-11-9-7-2)37-30(35)25-19-16-20-26-33-27-21-22-28-34-31(36)38-32(3,4)5/h29,33H,6-28H2,1-5H3,(H,34,36). The average molecular weight is 541 g/mol. The van der Waals surface area contributed by atoms with Crippen LogP contribution in [0.5, 0.6) is 0 Å². The third-order valence-corrected chi connectivity index (χ3v) is 6.74. The van der Waals surface area contributed by atoms with Crippen molar-refractivity contribution >= 4 is 12.1 Å². The Morgan fingerprint density at radius 2 is 1.11 bits per heavy atom. The van der Waals surface area contributed by atoms with Gasteiger partial charge >= 0.3 is 12.1 Å². The summed E-state index contributed by atoms with van der Waals surface area (Å²) in [6.45, 7) is 12.6. The summed E-state index contributed by atoms with van der Waals surface area (Å²) in [5.74, 6) is -0.00240. The summed E-state index contributed by atoms with van der Waals surface area (Å²) >= 11 is 0. The molecule has 0 aliphatic rings. The van der Waals surface area contributed by atoms with E-state index in [1.54, 1.807) is 0 Å². The molecule has 0 unspecified atom stereocenters. The van der Waals surface area contributed by atoms with E-state index in [1.165, 1.54) is 77.0 Å². The van der Waals surface area contributed by atoms with Crippen LogP contribution in [0.15, 0.2) is 0 Å². The van der Waals surface area contributed by atoms with E-state index >= 15 is 0 Å². The highest BCUT2D eigenvalue weighted by atomic mass is 16.6. The van der Waals surface area contributed by atoms with Crippen LogP contribution < -0.4 is 10.6 Å². The van der Waals surface area contributed by atoms with E-state index < -0.39 is 5.60 Å². The van der Waals surface area contributed by atoms with Gasteiger partial charge in [-0.25, -0.2) is 4.79 Å². The van der Waals surface area contributed by atoms with Gasteiger partial charge in [0.15, 0.2) is 0 Å². The minimum atomic E-state index is -0.453. The number of carbonyl (C=O) groups excluding carboxylic acids is 2. The molecule has 0 saturated carbocycles. The minimum absolute atomic E-state index is 0.00240. The zero-order valence-electron chi connectivity index (χ0n) is 26.0. The SMILES string of the molecule is CCCCCCCCC(CCCCCCCC)OC(=O)CCCCCNCCCCNC(=O)OC(C)(C)C. The van der Waals surface area contributed by atoms with Crippen LogP contribution in [-0.2, 0) is 14.3 Å². The van der Waals surface area contributed by atoms with Crippen LogP contribution in [0, 0.1) is 0 Å². The molecule has 6 nitrogen and oxygen atoms in total. The molecule has 226 valence electrons. The number of hydrogen-bond acceptors (Lipinski definition) is 5. The summed E-state index contributed by atoms with van der Waals surface area (Å²) in [6.07, 6.45) is 22.7. The van der Waals surface area contributed by atoms with Crippen molar-refractivity contribution in [2.75, 3.05) is 19.6 Å². The van der Waals surface area contributed by atoms with Gasteiger partial charge < -0.3 is 20.1 Å². The molecule has 0 aromatic carbocycles. The molecule has 0 aromatic rings. The first-order chi connectivity index (χ1) is 18.3. The lowest BCUT2D eigenvalue weighted by atomic mass is 10.0. The largest absolute Gasteiger partial charge is 0.462 e. The summed E-state index contributed by atoms with van der Waals surface area (Å²) < 4.78 is 11.2. The van der Waals surface area contributed by atoms with Crippen molar-refractivity contribution in [2.24, 2.45) is 0 Å². The third kappa shape index (κ3) is 27.7. The number of amides is 1. The van der Waals surface area contributed by atoms with Gasteiger partial charge in [-0.05, 0) is 85.2 Å². The molecule has 0 atom stereocenters. The minimum Gasteiger partial charge on any atom is -0.462 e. The van der Waals surface area contributed by atoms with Gasteiger partial charge in [-0.15, -0.1) is 0 Å². The maximum atomic E-state index is 12.5. The Balaban J connectivity index is 3.87. The summed E-state index contributed by atoms with van der Waals surface area (Å²) in [4.78, 5) is 24.1. The molecule has 0 aliphatic heterocycles. The van der Waals surface area contributed by atoms with E-state index in [0.29, 0.717) is 13.0 Å². The zero-order chi connectivity index (χ0) is 28.3. The Bertz CT molecular complexity index is 532. The van der Waals surface area contributed by atoms with Gasteiger partial charge in [-0.1, -0.05) is 84.5 Å². The highest BCUT2D eigenvalue weighted by Crippen LogP contribution is 2.18. The van der Waals surface area contributed by atoms with Gasteiger partial charge in [0.1, 0.15) is 11.7 Å². The van der Waals surface area contributed by atoms with Crippen LogP contribution in [0.3, 0.4) is 0 Å². The van der Waals surface area contributed by atoms with Gasteiger partial charge in [0.25, 0.3) is 0 Å². The molecule has 0 fully saturated rings. The Labute approximate surface area is 236 Å². The lowest BCUT2D eigenvalue weighted by Gasteiger charge is -2.19. The Kier molecular flexibility index (Phi) is 25.1. The second-order valence-corrected chi connectivity index (χ2v) is 11.9. The van der Waals surface area contributed by atoms with Crippen LogP contribution in [0.1, 0.15) is 163 Å². The van der Waals surface area contributed by atoms with Gasteiger partial charge in [0, 0.05) is 13.0 Å². The van der Waals surface area contributed by atoms with Crippen molar-refractivity contribution in [3.8, 4) is 0 Å². The van der Waals surface area contributed by atoms with E-state index in [1.807, 2.05) is 20.8 Å². The summed E-state index contributed by atoms with van der Waals surface area (Å²) in [5.41, 5.74) is -0.453. The van der Waals surface area contributed by atoms with Crippen molar-refractivity contribution in [1.82, 2.24) is 10.6 Å². The van der Waals surface area contributed by atoms with Gasteiger partial charge in [-0.3, -0.25) is 4.79 Å². The molecule has 0 aromatic heterocycles. The van der Waals surface area contributed by atoms with E-state index in [0.717, 1.165) is 58.0 Å². The quantitative estimate of drug-likeness (QED) is 0.0846. The summed E-state index contributed by atoms with van der Waals surface area (Å²) in [5, 5.41) is 6.25. The Morgan fingerprint density at radius 1 is 0.632 bits per heavy atom. The number of ether oxygens (including phenoxy) is 2. The molecule has 0 spiro atoms. The van der Waals surface area contributed by atoms with Crippen LogP contribution in [0.2, 0.25) is 0 Å². The zero-order valence-corrected chi connectivity index (χ0v) is 26.0. The number of rotatable bonds is 26. The van der Waals surface area contributed by atoms with Crippen LogP contribution in [0.4, 0.5) is 4.79 Å². The molecule has 0 aliphatic carbocycles. The van der Waals surface area contributed by atoms with Crippen LogP contribution >= 0.6 is 0 Å². The van der Waals surface area contributed by atoms with Gasteiger partial charge in [0.2, 0.25) is 0 Å². The molecule has 0 rings (SSSR count). The topological polar surface area (TPSA) is 76.7 Å². The Hall–Kier alpha value is -1.30. The monoisotopic (exact) mass is 540 g/mol. The maximum Gasteiger partial charge on any atom is 0.407 e. The van der Waals surface area contributed by atoms with Crippen molar-refractivity contribution in [3.05, 3.63) is 0 Å². The number of esters is 1. The van der Waals surface area contributed by atoms with E-state index in [9.17, 15) is 9.59 Å². The smallest absolute Gasteiger partial charge is 0.407 e. The van der Waals surface area contributed by atoms with Crippen molar-refractivity contribution < 1.29 is 19.1 Å². The first kappa shape index (κ1) is 36.7. The molecule has 0 heterocycles. The fourth-order valence-electron chi connectivity index (χ4n) is 4.51. The predicted molar refractivity (Wildman–Crippen MR) is 161 cm³/mol. The van der Waals surface area contributed by atoms with E-state index in [-0.39, 0.29) is 18.2 Å². The van der Waals surface area contributed by atoms with Gasteiger partial charge in [0.05, 0.1) is 0 Å². The van der Waals surface area contributed by atoms with Crippen LogP contribution in [-0.4, -0.2) is 43.4 Å². The second kappa shape index (κ2) is 26.0. The molecule has 0 radical (unpaired) electrons. The molecular weight excluding hydrogens is 476 g/mol. The molecule has 6 heteroatoms. The highest BCUT2D eigenvalue weighted by Gasteiger charge is 2.15. The third-order valence-electron chi connectivity index (χ3n) is 6.74. The fraction of sp³-hybridized carbons (Fsp3) is 0.938. The van der Waals surface area contributed by atoms with E-state index in [2.05, 4.69) is 24.5 Å². The van der Waals surface area contributed by atoms with Crippen molar-refractivity contribution in [2.45, 2.75) is 175 Å². The first-order valence-electron chi connectivity index (χ1n) is 16.2. The average Bonchev–Trinajstić information content (AvgIpc) is 2.85. The number of unbranched alkanes of at least 4 members (excludes halogenated alkanes) is 13. The first-order valence-corrected chi connectivity index (χ1v) is 16.2. The highest BCUT2D eigenvalue weighted by molar-refractivity contribution is 5.69. The lowest BCUT2D eigenvalue weighted by Crippen LogP contribution is -2.33. The number of nitrogens with one attached hydrogen (secondary N) is 2. The molecule has 38 heavy (non-hydrogen) atoms. The number of alkyl carbamates (subject to hydrolysis) is 1. The maximum absolute atomic E-state index is 12.5. The Morgan fingerprint density at radius 3 is 1.66 bits per heavy atom. The predicted octanol–water partition coefficient (Wildman–Crippen LogP) is 8.85. The molecule has 2 N–H and O–H groups in total.